The summed E-state index contributed by atoms with van der Waals surface area (Å²) in [5, 5.41) is 3.63. The van der Waals surface area contributed by atoms with Crippen LogP contribution >= 0.6 is 11.3 Å². The highest BCUT2D eigenvalue weighted by Gasteiger charge is 2.07. The van der Waals surface area contributed by atoms with Gasteiger partial charge in [-0.15, -0.1) is 11.3 Å². The quantitative estimate of drug-likeness (QED) is 0.859. The summed E-state index contributed by atoms with van der Waals surface area (Å²) >= 11 is 1.56. The molecule has 1 amide bonds. The molecule has 0 saturated carbocycles. The van der Waals surface area contributed by atoms with Crippen LogP contribution in [-0.4, -0.2) is 15.9 Å². The predicted molar refractivity (Wildman–Crippen MR) is 66.7 cm³/mol. The number of aromatic nitrogens is 2. The Labute approximate surface area is 103 Å². The van der Waals surface area contributed by atoms with Crippen LogP contribution in [0.2, 0.25) is 0 Å². The van der Waals surface area contributed by atoms with E-state index in [1.165, 1.54) is 6.20 Å². The molecule has 5 nitrogen and oxygen atoms in total. The summed E-state index contributed by atoms with van der Waals surface area (Å²) in [6.45, 7) is 2.40. The summed E-state index contributed by atoms with van der Waals surface area (Å²) in [7, 11) is 0. The van der Waals surface area contributed by atoms with Crippen LogP contribution in [0.3, 0.4) is 0 Å². The van der Waals surface area contributed by atoms with Crippen LogP contribution in [0.1, 0.15) is 20.4 Å². The number of hydrogen-bond donors (Lipinski definition) is 2. The summed E-state index contributed by atoms with van der Waals surface area (Å²) in [5.41, 5.74) is 6.39. The van der Waals surface area contributed by atoms with Crippen LogP contribution in [0.15, 0.2) is 24.5 Å². The van der Waals surface area contributed by atoms with Gasteiger partial charge in [0, 0.05) is 11.1 Å². The number of nitrogens with two attached hydrogens (primary N) is 1. The number of nitrogen functional groups attached to an aromatic ring is 1. The van der Waals surface area contributed by atoms with Crippen LogP contribution in [0.5, 0.6) is 0 Å². The number of thiazole rings is 1. The molecule has 2 aromatic heterocycles. The molecular weight excluding hydrogens is 236 g/mol. The van der Waals surface area contributed by atoms with Gasteiger partial charge in [0.2, 0.25) is 0 Å². The number of pyridine rings is 1. The smallest absolute Gasteiger partial charge is 0.270 e. The lowest BCUT2D eigenvalue weighted by atomic mass is 10.3. The third-order valence-electron chi connectivity index (χ3n) is 2.09. The fourth-order valence-electron chi connectivity index (χ4n) is 1.27. The molecule has 2 rings (SSSR count). The van der Waals surface area contributed by atoms with E-state index in [1.807, 2.05) is 6.92 Å². The standard InChI is InChI=1S/C11H12N4OS/c1-7-4-14-10(17-7)6-15-11(16)9-3-2-8(12)5-13-9/h2-5H,6,12H2,1H3,(H,15,16). The lowest BCUT2D eigenvalue weighted by molar-refractivity contribution is 0.0946. The zero-order chi connectivity index (χ0) is 12.3. The van der Waals surface area contributed by atoms with Crippen LogP contribution in [0, 0.1) is 6.92 Å². The minimum Gasteiger partial charge on any atom is -0.397 e. The minimum absolute atomic E-state index is 0.224. The van der Waals surface area contributed by atoms with Crippen LogP contribution in [0.25, 0.3) is 0 Å². The maximum atomic E-state index is 11.7. The van der Waals surface area contributed by atoms with Gasteiger partial charge in [-0.3, -0.25) is 4.79 Å². The number of carbonyl (C=O) groups excluding carboxylic acids is 1. The Morgan fingerprint density at radius 2 is 2.24 bits per heavy atom. The summed E-state index contributed by atoms with van der Waals surface area (Å²) in [5.74, 6) is -0.224. The van der Waals surface area contributed by atoms with E-state index in [0.717, 1.165) is 9.88 Å². The van der Waals surface area contributed by atoms with Crippen molar-refractivity contribution in [2.45, 2.75) is 13.5 Å². The Balaban J connectivity index is 1.95. The first-order valence-electron chi connectivity index (χ1n) is 5.06. The second kappa shape index (κ2) is 4.92. The number of nitrogens with one attached hydrogen (secondary N) is 1. The fourth-order valence-corrected chi connectivity index (χ4v) is 2.00. The highest BCUT2D eigenvalue weighted by atomic mass is 32.1. The van der Waals surface area contributed by atoms with E-state index in [2.05, 4.69) is 15.3 Å². The normalized spacial score (nSPS) is 10.2. The zero-order valence-electron chi connectivity index (χ0n) is 9.30. The molecule has 0 radical (unpaired) electrons. The molecule has 88 valence electrons. The molecule has 0 atom stereocenters. The number of amides is 1. The Kier molecular flexibility index (Phi) is 3.34. The molecule has 0 spiro atoms. The molecule has 0 aliphatic carbocycles. The number of anilines is 1. The topological polar surface area (TPSA) is 80.9 Å². The molecule has 0 fully saturated rings. The van der Waals surface area contributed by atoms with Crippen molar-refractivity contribution in [3.63, 3.8) is 0 Å². The molecule has 2 heterocycles. The van der Waals surface area contributed by atoms with Gasteiger partial charge in [-0.1, -0.05) is 0 Å². The molecule has 3 N–H and O–H groups in total. The van der Waals surface area contributed by atoms with Gasteiger partial charge in [0.1, 0.15) is 10.7 Å². The first-order valence-corrected chi connectivity index (χ1v) is 5.88. The average Bonchev–Trinajstić information content (AvgIpc) is 2.73. The van der Waals surface area contributed by atoms with E-state index in [0.29, 0.717) is 17.9 Å². The van der Waals surface area contributed by atoms with E-state index in [-0.39, 0.29) is 5.91 Å². The fraction of sp³-hybridized carbons (Fsp3) is 0.182. The predicted octanol–water partition coefficient (Wildman–Crippen LogP) is 1.36. The van der Waals surface area contributed by atoms with Crippen molar-refractivity contribution in [1.29, 1.82) is 0 Å². The van der Waals surface area contributed by atoms with E-state index in [1.54, 1.807) is 29.7 Å². The molecule has 6 heteroatoms. The lowest BCUT2D eigenvalue weighted by Crippen LogP contribution is -2.23. The maximum absolute atomic E-state index is 11.7. The lowest BCUT2D eigenvalue weighted by Gasteiger charge is -2.02. The largest absolute Gasteiger partial charge is 0.397 e. The van der Waals surface area contributed by atoms with Crippen molar-refractivity contribution in [3.05, 3.63) is 40.1 Å². The average molecular weight is 248 g/mol. The number of rotatable bonds is 3. The van der Waals surface area contributed by atoms with Gasteiger partial charge >= 0.3 is 0 Å². The first kappa shape index (κ1) is 11.5. The van der Waals surface area contributed by atoms with Gasteiger partial charge in [0.25, 0.3) is 5.91 Å². The van der Waals surface area contributed by atoms with Crippen molar-refractivity contribution in [3.8, 4) is 0 Å². The molecule has 0 aliphatic rings. The Morgan fingerprint density at radius 1 is 1.41 bits per heavy atom. The Hall–Kier alpha value is -1.95. The van der Waals surface area contributed by atoms with Gasteiger partial charge in [0.05, 0.1) is 18.4 Å². The third-order valence-corrected chi connectivity index (χ3v) is 3.00. The van der Waals surface area contributed by atoms with Gasteiger partial charge in [-0.2, -0.15) is 0 Å². The van der Waals surface area contributed by atoms with Crippen LogP contribution in [-0.2, 0) is 6.54 Å². The molecule has 17 heavy (non-hydrogen) atoms. The van der Waals surface area contributed by atoms with Crippen molar-refractivity contribution >= 4 is 22.9 Å². The molecule has 2 aromatic rings. The minimum atomic E-state index is -0.224. The van der Waals surface area contributed by atoms with E-state index in [9.17, 15) is 4.79 Å². The Morgan fingerprint density at radius 3 is 2.82 bits per heavy atom. The van der Waals surface area contributed by atoms with Gasteiger partial charge < -0.3 is 11.1 Å². The van der Waals surface area contributed by atoms with Crippen LogP contribution < -0.4 is 11.1 Å². The second-order valence-electron chi connectivity index (χ2n) is 3.52. The number of hydrogen-bond acceptors (Lipinski definition) is 5. The van der Waals surface area contributed by atoms with Gasteiger partial charge in [-0.25, -0.2) is 9.97 Å². The molecule has 0 saturated heterocycles. The monoisotopic (exact) mass is 248 g/mol. The summed E-state index contributed by atoms with van der Waals surface area (Å²) < 4.78 is 0. The molecular formula is C11H12N4OS. The van der Waals surface area contributed by atoms with Crippen molar-refractivity contribution < 1.29 is 4.79 Å². The molecule has 0 unspecified atom stereocenters. The van der Waals surface area contributed by atoms with E-state index in [4.69, 9.17) is 5.73 Å². The number of nitrogens with zero attached hydrogens (tertiary/aromatic N) is 2. The molecule has 0 bridgehead atoms. The van der Waals surface area contributed by atoms with E-state index < -0.39 is 0 Å². The van der Waals surface area contributed by atoms with Gasteiger partial charge in [-0.05, 0) is 19.1 Å². The zero-order valence-corrected chi connectivity index (χ0v) is 10.1. The third kappa shape index (κ3) is 3.01. The first-order chi connectivity index (χ1) is 8.15. The van der Waals surface area contributed by atoms with E-state index >= 15 is 0 Å². The van der Waals surface area contributed by atoms with Gasteiger partial charge in [0.15, 0.2) is 0 Å². The number of aryl methyl sites for hydroxylation is 1. The maximum Gasteiger partial charge on any atom is 0.270 e. The van der Waals surface area contributed by atoms with Crippen LogP contribution in [0.4, 0.5) is 5.69 Å². The number of carbonyl (C=O) groups is 1. The summed E-state index contributed by atoms with van der Waals surface area (Å²) in [6, 6.07) is 3.24. The second-order valence-corrected chi connectivity index (χ2v) is 4.84. The summed E-state index contributed by atoms with van der Waals surface area (Å²) in [6.07, 6.45) is 3.25. The molecule has 0 aromatic carbocycles. The highest BCUT2D eigenvalue weighted by molar-refractivity contribution is 7.11. The molecule has 0 aliphatic heterocycles. The van der Waals surface area contributed by atoms with Crippen molar-refractivity contribution in [2.75, 3.05) is 5.73 Å². The summed E-state index contributed by atoms with van der Waals surface area (Å²) in [4.78, 5) is 20.9. The van der Waals surface area contributed by atoms with Crippen molar-refractivity contribution in [1.82, 2.24) is 15.3 Å². The Bertz CT molecular complexity index is 521. The highest BCUT2D eigenvalue weighted by Crippen LogP contribution is 2.10. The SMILES string of the molecule is Cc1cnc(CNC(=O)c2ccc(N)cn2)s1. The van der Waals surface area contributed by atoms with Crippen molar-refractivity contribution in [2.24, 2.45) is 0 Å².